The first-order valence-electron chi connectivity index (χ1n) is 4.83. The molecule has 1 N–H and O–H groups in total. The van der Waals surface area contributed by atoms with Gasteiger partial charge in [0.05, 0.1) is 11.4 Å². The SMILES string of the molecule is Cl/C(=C/n1ccnc1)c1ccccc1.O=[N+]([O-])O. The van der Waals surface area contributed by atoms with Gasteiger partial charge in [0.25, 0.3) is 5.09 Å². The summed E-state index contributed by atoms with van der Waals surface area (Å²) in [5.41, 5.74) is 1.00. The van der Waals surface area contributed by atoms with Crippen molar-refractivity contribution in [3.8, 4) is 0 Å². The number of aromatic nitrogens is 2. The van der Waals surface area contributed by atoms with Crippen molar-refractivity contribution in [2.24, 2.45) is 0 Å². The van der Waals surface area contributed by atoms with Crippen LogP contribution in [0, 0.1) is 10.1 Å². The minimum absolute atomic E-state index is 0.698. The zero-order chi connectivity index (χ0) is 13.4. The second-order valence-electron chi connectivity index (χ2n) is 3.09. The molecule has 0 amide bonds. The number of hydrogen-bond donors (Lipinski definition) is 1. The van der Waals surface area contributed by atoms with Gasteiger partial charge >= 0.3 is 0 Å². The molecule has 0 unspecified atom stereocenters. The summed E-state index contributed by atoms with van der Waals surface area (Å²) < 4.78 is 1.81. The molecule has 7 heteroatoms. The molecule has 2 rings (SSSR count). The highest BCUT2D eigenvalue weighted by Gasteiger charge is 1.95. The molecule has 0 spiro atoms. The van der Waals surface area contributed by atoms with E-state index < -0.39 is 5.09 Å². The van der Waals surface area contributed by atoms with E-state index in [0.29, 0.717) is 5.03 Å². The first-order valence-corrected chi connectivity index (χ1v) is 5.21. The summed E-state index contributed by atoms with van der Waals surface area (Å²) >= 11 is 6.11. The van der Waals surface area contributed by atoms with Gasteiger partial charge in [-0.3, -0.25) is 0 Å². The first kappa shape index (κ1) is 13.7. The van der Waals surface area contributed by atoms with Crippen molar-refractivity contribution in [2.45, 2.75) is 0 Å². The van der Waals surface area contributed by atoms with Crippen LogP contribution in [-0.4, -0.2) is 19.8 Å². The fraction of sp³-hybridized carbons (Fsp3) is 0. The van der Waals surface area contributed by atoms with E-state index in [0.717, 1.165) is 5.56 Å². The lowest BCUT2D eigenvalue weighted by atomic mass is 10.2. The lowest BCUT2D eigenvalue weighted by molar-refractivity contribution is -0.742. The maximum absolute atomic E-state index is 8.36. The van der Waals surface area contributed by atoms with E-state index in [1.54, 1.807) is 12.5 Å². The molecule has 0 atom stereocenters. The van der Waals surface area contributed by atoms with Crippen LogP contribution in [0.5, 0.6) is 0 Å². The molecule has 0 aliphatic heterocycles. The van der Waals surface area contributed by atoms with Gasteiger partial charge in [-0.2, -0.15) is 0 Å². The van der Waals surface area contributed by atoms with Crippen molar-refractivity contribution in [3.63, 3.8) is 0 Å². The smallest absolute Gasteiger partial charge is 0.291 e. The monoisotopic (exact) mass is 267 g/mol. The van der Waals surface area contributed by atoms with Crippen LogP contribution in [0.25, 0.3) is 11.2 Å². The van der Waals surface area contributed by atoms with Crippen molar-refractivity contribution in [3.05, 3.63) is 64.7 Å². The topological polar surface area (TPSA) is 81.2 Å². The highest BCUT2D eigenvalue weighted by atomic mass is 35.5. The molecule has 0 saturated heterocycles. The van der Waals surface area contributed by atoms with Crippen molar-refractivity contribution >= 4 is 22.8 Å². The molecule has 1 aromatic carbocycles. The van der Waals surface area contributed by atoms with Crippen LogP contribution in [-0.2, 0) is 0 Å². The minimum Gasteiger partial charge on any atom is -0.328 e. The van der Waals surface area contributed by atoms with E-state index >= 15 is 0 Å². The lowest BCUT2D eigenvalue weighted by Gasteiger charge is -1.98. The van der Waals surface area contributed by atoms with E-state index in [4.69, 9.17) is 26.9 Å². The Balaban J connectivity index is 0.000000357. The molecule has 0 fully saturated rings. The van der Waals surface area contributed by atoms with Gasteiger partial charge in [-0.1, -0.05) is 41.9 Å². The lowest BCUT2D eigenvalue weighted by Crippen LogP contribution is -1.82. The first-order chi connectivity index (χ1) is 8.59. The van der Waals surface area contributed by atoms with Crippen molar-refractivity contribution in [1.29, 1.82) is 0 Å². The van der Waals surface area contributed by atoms with Gasteiger partial charge < -0.3 is 9.77 Å². The third-order valence-electron chi connectivity index (χ3n) is 1.84. The molecule has 1 aromatic heterocycles. The van der Waals surface area contributed by atoms with Crippen LogP contribution in [0.1, 0.15) is 5.56 Å². The standard InChI is InChI=1S/C11H9ClN2.HNO3/c12-11(8-14-7-6-13-9-14)10-4-2-1-3-5-10;2-1(3)4/h1-9H;(H,2,3,4)/b11-8+;. The average Bonchev–Trinajstić information content (AvgIpc) is 2.82. The Morgan fingerprint density at radius 1 is 1.44 bits per heavy atom. The fourth-order valence-corrected chi connectivity index (χ4v) is 1.39. The highest BCUT2D eigenvalue weighted by Crippen LogP contribution is 2.18. The van der Waals surface area contributed by atoms with E-state index in [2.05, 4.69) is 4.98 Å². The number of halogens is 1. The van der Waals surface area contributed by atoms with Crippen LogP contribution in [0.4, 0.5) is 0 Å². The zero-order valence-corrected chi connectivity index (χ0v) is 9.94. The molecule has 1 heterocycles. The van der Waals surface area contributed by atoms with Gasteiger partial charge in [0.15, 0.2) is 0 Å². The van der Waals surface area contributed by atoms with Crippen LogP contribution in [0.2, 0.25) is 0 Å². The van der Waals surface area contributed by atoms with Crippen molar-refractivity contribution in [2.75, 3.05) is 0 Å². The van der Waals surface area contributed by atoms with Gasteiger partial charge in [-0.15, -0.1) is 10.1 Å². The zero-order valence-electron chi connectivity index (χ0n) is 9.18. The molecular formula is C11H10ClN3O3. The van der Waals surface area contributed by atoms with Crippen LogP contribution >= 0.6 is 11.6 Å². The van der Waals surface area contributed by atoms with Crippen LogP contribution in [0.15, 0.2) is 49.1 Å². The predicted molar refractivity (Wildman–Crippen MR) is 67.5 cm³/mol. The normalized spacial score (nSPS) is 10.4. The summed E-state index contributed by atoms with van der Waals surface area (Å²) in [6.07, 6.45) is 7.08. The Hall–Kier alpha value is -2.34. The Morgan fingerprint density at radius 2 is 2.06 bits per heavy atom. The summed E-state index contributed by atoms with van der Waals surface area (Å²) in [7, 11) is 0. The van der Waals surface area contributed by atoms with Crippen molar-refractivity contribution in [1.82, 2.24) is 9.55 Å². The Morgan fingerprint density at radius 3 is 2.56 bits per heavy atom. The molecule has 2 aromatic rings. The average molecular weight is 268 g/mol. The summed E-state index contributed by atoms with van der Waals surface area (Å²) in [4.78, 5) is 12.3. The summed E-state index contributed by atoms with van der Waals surface area (Å²) in [5, 5.41) is 14.3. The molecule has 18 heavy (non-hydrogen) atoms. The maximum atomic E-state index is 8.36. The highest BCUT2D eigenvalue weighted by molar-refractivity contribution is 6.50. The largest absolute Gasteiger partial charge is 0.328 e. The van der Waals surface area contributed by atoms with Gasteiger partial charge in [0.2, 0.25) is 0 Å². The number of imidazole rings is 1. The molecule has 0 saturated carbocycles. The second-order valence-corrected chi connectivity index (χ2v) is 3.50. The molecule has 6 nitrogen and oxygen atoms in total. The Bertz CT molecular complexity index is 508. The number of nitrogens with zero attached hydrogens (tertiary/aromatic N) is 3. The number of hydrogen-bond acceptors (Lipinski definition) is 3. The number of rotatable bonds is 2. The summed E-state index contributed by atoms with van der Waals surface area (Å²) in [5.74, 6) is 0. The molecule has 0 bridgehead atoms. The number of benzene rings is 1. The van der Waals surface area contributed by atoms with Gasteiger partial charge in [0, 0.05) is 18.6 Å². The fourth-order valence-electron chi connectivity index (χ4n) is 1.15. The minimum atomic E-state index is -1.50. The summed E-state index contributed by atoms with van der Waals surface area (Å²) in [6.45, 7) is 0. The predicted octanol–water partition coefficient (Wildman–Crippen LogP) is 2.73. The van der Waals surface area contributed by atoms with E-state index in [1.807, 2.05) is 47.3 Å². The van der Waals surface area contributed by atoms with Gasteiger partial charge in [-0.25, -0.2) is 4.98 Å². The molecule has 94 valence electrons. The molecular weight excluding hydrogens is 258 g/mol. The third kappa shape index (κ3) is 5.13. The molecule has 0 aliphatic carbocycles. The summed E-state index contributed by atoms with van der Waals surface area (Å²) in [6, 6.07) is 9.81. The second kappa shape index (κ2) is 7.08. The quantitative estimate of drug-likeness (QED) is 0.670. The molecule has 0 radical (unpaired) electrons. The Kier molecular flexibility index (Phi) is 5.40. The van der Waals surface area contributed by atoms with E-state index in [-0.39, 0.29) is 0 Å². The van der Waals surface area contributed by atoms with E-state index in [9.17, 15) is 0 Å². The van der Waals surface area contributed by atoms with Crippen LogP contribution < -0.4 is 0 Å². The van der Waals surface area contributed by atoms with Crippen molar-refractivity contribution < 1.29 is 10.3 Å². The van der Waals surface area contributed by atoms with Gasteiger partial charge in [0.1, 0.15) is 0 Å². The molecule has 0 aliphatic rings. The van der Waals surface area contributed by atoms with Crippen LogP contribution in [0.3, 0.4) is 0 Å². The van der Waals surface area contributed by atoms with Gasteiger partial charge in [-0.05, 0) is 5.56 Å². The third-order valence-corrected chi connectivity index (χ3v) is 2.15. The maximum Gasteiger partial charge on any atom is 0.291 e. The Labute approximate surface area is 108 Å². The van der Waals surface area contributed by atoms with E-state index in [1.165, 1.54) is 0 Å².